The first-order valence-electron chi connectivity index (χ1n) is 11.5. The molecule has 6 nitrogen and oxygen atoms in total. The predicted octanol–water partition coefficient (Wildman–Crippen LogP) is 4.11. The van der Waals surface area contributed by atoms with Crippen molar-refractivity contribution in [2.45, 2.75) is 26.8 Å². The minimum Gasteiger partial charge on any atom is -0.368 e. The van der Waals surface area contributed by atoms with Gasteiger partial charge in [-0.15, -0.1) is 24.0 Å². The van der Waals surface area contributed by atoms with E-state index in [0.29, 0.717) is 0 Å². The molecule has 1 saturated heterocycles. The zero-order chi connectivity index (χ0) is 22.3. The molecule has 4 rings (SSSR count). The van der Waals surface area contributed by atoms with E-state index in [1.807, 2.05) is 13.2 Å². The van der Waals surface area contributed by atoms with E-state index in [1.54, 1.807) is 0 Å². The second-order valence-electron chi connectivity index (χ2n) is 8.37. The van der Waals surface area contributed by atoms with Gasteiger partial charge in [-0.1, -0.05) is 42.5 Å². The number of anilines is 1. The Morgan fingerprint density at radius 2 is 1.76 bits per heavy atom. The van der Waals surface area contributed by atoms with Crippen LogP contribution >= 0.6 is 24.0 Å². The minimum absolute atomic E-state index is 0. The van der Waals surface area contributed by atoms with E-state index in [2.05, 4.69) is 98.2 Å². The molecule has 7 heteroatoms. The number of imidazole rings is 1. The first-order valence-corrected chi connectivity index (χ1v) is 11.5. The van der Waals surface area contributed by atoms with Gasteiger partial charge in [0, 0.05) is 70.8 Å². The molecule has 0 unspecified atom stereocenters. The van der Waals surface area contributed by atoms with Crippen LogP contribution in [0.15, 0.2) is 65.9 Å². The van der Waals surface area contributed by atoms with Crippen LogP contribution in [0.4, 0.5) is 5.69 Å². The number of halogens is 1. The summed E-state index contributed by atoms with van der Waals surface area (Å²) in [6.45, 7) is 10.0. The molecule has 0 saturated carbocycles. The van der Waals surface area contributed by atoms with E-state index in [-0.39, 0.29) is 24.0 Å². The third kappa shape index (κ3) is 6.28. The highest BCUT2D eigenvalue weighted by molar-refractivity contribution is 14.0. The summed E-state index contributed by atoms with van der Waals surface area (Å²) >= 11 is 0. The number of piperazine rings is 1. The number of hydrogen-bond donors (Lipinski definition) is 1. The molecule has 1 aliphatic heterocycles. The van der Waals surface area contributed by atoms with Gasteiger partial charge in [0.25, 0.3) is 0 Å². The van der Waals surface area contributed by atoms with Gasteiger partial charge >= 0.3 is 0 Å². The second-order valence-corrected chi connectivity index (χ2v) is 8.37. The number of aryl methyl sites for hydroxylation is 1. The van der Waals surface area contributed by atoms with Crippen molar-refractivity contribution in [2.24, 2.45) is 4.99 Å². The number of nitrogens with one attached hydrogen (secondary N) is 1. The lowest BCUT2D eigenvalue weighted by atomic mass is 10.1. The minimum atomic E-state index is 0. The van der Waals surface area contributed by atoms with Crippen molar-refractivity contribution in [1.82, 2.24) is 19.8 Å². The Labute approximate surface area is 214 Å². The van der Waals surface area contributed by atoms with Gasteiger partial charge < -0.3 is 19.7 Å². The topological polar surface area (TPSA) is 48.7 Å². The fourth-order valence-electron chi connectivity index (χ4n) is 4.35. The lowest BCUT2D eigenvalue weighted by Gasteiger charge is -2.38. The van der Waals surface area contributed by atoms with Gasteiger partial charge in [-0.05, 0) is 36.6 Å². The van der Waals surface area contributed by atoms with Gasteiger partial charge in [0.15, 0.2) is 5.96 Å². The summed E-state index contributed by atoms with van der Waals surface area (Å²) in [5.74, 6) is 2.07. The normalized spacial score (nSPS) is 14.2. The monoisotopic (exact) mass is 558 g/mol. The Hall–Kier alpha value is -2.55. The SMILES string of the molecule is CN=C(NCCc1nccn1Cc1ccccc1)N1CCN(c2cccc(C)c2C)CC1.I. The Morgan fingerprint density at radius 1 is 1.00 bits per heavy atom. The number of nitrogens with zero attached hydrogens (tertiary/aromatic N) is 5. The maximum Gasteiger partial charge on any atom is 0.193 e. The van der Waals surface area contributed by atoms with Crippen LogP contribution in [0, 0.1) is 13.8 Å². The van der Waals surface area contributed by atoms with Crippen molar-refractivity contribution < 1.29 is 0 Å². The summed E-state index contributed by atoms with van der Waals surface area (Å²) in [6.07, 6.45) is 4.81. The van der Waals surface area contributed by atoms with E-state index in [1.165, 1.54) is 22.4 Å². The largest absolute Gasteiger partial charge is 0.368 e. The molecule has 1 N–H and O–H groups in total. The van der Waals surface area contributed by atoms with Gasteiger partial charge in [-0.3, -0.25) is 4.99 Å². The Kier molecular flexibility index (Phi) is 9.17. The molecule has 2 aromatic carbocycles. The number of rotatable bonds is 6. The van der Waals surface area contributed by atoms with Crippen molar-refractivity contribution in [3.05, 3.63) is 83.4 Å². The highest BCUT2D eigenvalue weighted by Crippen LogP contribution is 2.23. The molecule has 1 fully saturated rings. The number of benzene rings is 2. The highest BCUT2D eigenvalue weighted by atomic mass is 127. The molecule has 2 heterocycles. The standard InChI is InChI=1S/C26H34N6.HI/c1-21-8-7-11-24(22(21)2)30-16-18-31(19-17-30)26(27-3)29-13-12-25-28-14-15-32(25)20-23-9-5-4-6-10-23;/h4-11,14-15H,12-13,16-20H2,1-3H3,(H,27,29);1H. The third-order valence-corrected chi connectivity index (χ3v) is 6.34. The van der Waals surface area contributed by atoms with Crippen LogP contribution in [0.1, 0.15) is 22.5 Å². The van der Waals surface area contributed by atoms with Gasteiger partial charge in [0.05, 0.1) is 0 Å². The lowest BCUT2D eigenvalue weighted by molar-refractivity contribution is 0.372. The van der Waals surface area contributed by atoms with Crippen LogP contribution in [0.3, 0.4) is 0 Å². The summed E-state index contributed by atoms with van der Waals surface area (Å²) in [5, 5.41) is 3.55. The van der Waals surface area contributed by atoms with Crippen molar-refractivity contribution in [3.63, 3.8) is 0 Å². The first kappa shape index (κ1) is 25.1. The van der Waals surface area contributed by atoms with E-state index in [0.717, 1.165) is 57.5 Å². The van der Waals surface area contributed by atoms with Crippen molar-refractivity contribution in [3.8, 4) is 0 Å². The van der Waals surface area contributed by atoms with E-state index in [9.17, 15) is 0 Å². The molecule has 0 atom stereocenters. The highest BCUT2D eigenvalue weighted by Gasteiger charge is 2.21. The number of aliphatic imine (C=N–C) groups is 1. The average Bonchev–Trinajstić information content (AvgIpc) is 3.26. The molecule has 1 aliphatic rings. The number of hydrogen-bond acceptors (Lipinski definition) is 3. The van der Waals surface area contributed by atoms with Gasteiger partial charge in [-0.25, -0.2) is 4.98 Å². The maximum atomic E-state index is 4.57. The molecule has 33 heavy (non-hydrogen) atoms. The molecule has 0 bridgehead atoms. The zero-order valence-corrected chi connectivity index (χ0v) is 22.2. The molecule has 0 radical (unpaired) electrons. The zero-order valence-electron chi connectivity index (χ0n) is 19.9. The van der Waals surface area contributed by atoms with Crippen LogP contribution in [0.2, 0.25) is 0 Å². The average molecular weight is 559 g/mol. The Morgan fingerprint density at radius 3 is 2.48 bits per heavy atom. The van der Waals surface area contributed by atoms with Crippen LogP contribution in [0.5, 0.6) is 0 Å². The van der Waals surface area contributed by atoms with Crippen molar-refractivity contribution >= 4 is 35.6 Å². The smallest absolute Gasteiger partial charge is 0.193 e. The van der Waals surface area contributed by atoms with E-state index >= 15 is 0 Å². The van der Waals surface area contributed by atoms with E-state index < -0.39 is 0 Å². The summed E-state index contributed by atoms with van der Waals surface area (Å²) in [5.41, 5.74) is 5.39. The van der Waals surface area contributed by atoms with Crippen LogP contribution < -0.4 is 10.2 Å². The summed E-state index contributed by atoms with van der Waals surface area (Å²) in [6, 6.07) is 17.1. The third-order valence-electron chi connectivity index (χ3n) is 6.34. The van der Waals surface area contributed by atoms with Crippen LogP contribution in [0.25, 0.3) is 0 Å². The lowest BCUT2D eigenvalue weighted by Crippen LogP contribution is -2.53. The van der Waals surface area contributed by atoms with Crippen LogP contribution in [-0.4, -0.2) is 60.2 Å². The summed E-state index contributed by atoms with van der Waals surface area (Å²) < 4.78 is 2.22. The van der Waals surface area contributed by atoms with Gasteiger partial charge in [0.2, 0.25) is 0 Å². The first-order chi connectivity index (χ1) is 15.7. The van der Waals surface area contributed by atoms with Crippen molar-refractivity contribution in [1.29, 1.82) is 0 Å². The Bertz CT molecular complexity index is 1040. The fourth-order valence-corrected chi connectivity index (χ4v) is 4.35. The Balaban J connectivity index is 0.00000306. The van der Waals surface area contributed by atoms with Crippen LogP contribution in [-0.2, 0) is 13.0 Å². The quantitative estimate of drug-likeness (QED) is 0.281. The molecule has 0 spiro atoms. The number of guanidine groups is 1. The summed E-state index contributed by atoms with van der Waals surface area (Å²) in [7, 11) is 1.87. The molecule has 3 aromatic rings. The molecular weight excluding hydrogens is 523 g/mol. The molecule has 1 aromatic heterocycles. The fraction of sp³-hybridized carbons (Fsp3) is 0.385. The van der Waals surface area contributed by atoms with Crippen molar-refractivity contribution in [2.75, 3.05) is 44.7 Å². The predicted molar refractivity (Wildman–Crippen MR) is 148 cm³/mol. The van der Waals surface area contributed by atoms with Gasteiger partial charge in [0.1, 0.15) is 5.82 Å². The molecule has 0 aliphatic carbocycles. The maximum absolute atomic E-state index is 4.57. The number of aromatic nitrogens is 2. The summed E-state index contributed by atoms with van der Waals surface area (Å²) in [4.78, 5) is 14.0. The van der Waals surface area contributed by atoms with E-state index in [4.69, 9.17) is 0 Å². The van der Waals surface area contributed by atoms with Gasteiger partial charge in [-0.2, -0.15) is 0 Å². The second kappa shape index (κ2) is 12.1. The molecular formula is C26H35IN6. The molecule has 176 valence electrons. The molecule has 0 amide bonds.